The molecular weight excluding hydrogens is 324 g/mol. The first kappa shape index (κ1) is 16.3. The van der Waals surface area contributed by atoms with Crippen molar-refractivity contribution in [1.82, 2.24) is 15.2 Å². The van der Waals surface area contributed by atoms with Crippen LogP contribution in [0, 0.1) is 0 Å². The standard InChI is InChI=1S/C20H22N6/c1-24(17-8-4-2-5-9-17)19-16-21-23-20(22-19)26-14-12-25(13-15-26)18-10-6-3-7-11-18/h2-11,16H,12-15H2,1H3. The van der Waals surface area contributed by atoms with Gasteiger partial charge in [-0.1, -0.05) is 36.4 Å². The molecular formula is C20H22N6. The predicted octanol–water partition coefficient (Wildman–Crippen LogP) is 2.97. The van der Waals surface area contributed by atoms with Crippen LogP contribution in [0.2, 0.25) is 0 Å². The van der Waals surface area contributed by atoms with Gasteiger partial charge in [-0.15, -0.1) is 5.10 Å². The molecule has 0 saturated carbocycles. The fourth-order valence-corrected chi connectivity index (χ4v) is 3.17. The highest BCUT2D eigenvalue weighted by Gasteiger charge is 2.20. The summed E-state index contributed by atoms with van der Waals surface area (Å²) in [7, 11) is 2.00. The van der Waals surface area contributed by atoms with Gasteiger partial charge in [0.2, 0.25) is 5.95 Å². The van der Waals surface area contributed by atoms with E-state index in [-0.39, 0.29) is 0 Å². The van der Waals surface area contributed by atoms with Gasteiger partial charge in [0.15, 0.2) is 5.82 Å². The number of nitrogens with zero attached hydrogens (tertiary/aromatic N) is 6. The molecule has 0 bridgehead atoms. The number of anilines is 4. The van der Waals surface area contributed by atoms with Crippen molar-refractivity contribution in [3.8, 4) is 0 Å². The SMILES string of the molecule is CN(c1ccccc1)c1cnnc(N2CCN(c3ccccc3)CC2)n1. The summed E-state index contributed by atoms with van der Waals surface area (Å²) in [5.74, 6) is 1.49. The number of aromatic nitrogens is 3. The molecule has 0 spiro atoms. The Morgan fingerprint density at radius 3 is 2.12 bits per heavy atom. The zero-order valence-electron chi connectivity index (χ0n) is 14.9. The third kappa shape index (κ3) is 3.44. The minimum Gasteiger partial charge on any atom is -0.368 e. The topological polar surface area (TPSA) is 48.4 Å². The smallest absolute Gasteiger partial charge is 0.247 e. The van der Waals surface area contributed by atoms with Gasteiger partial charge in [-0.2, -0.15) is 10.1 Å². The summed E-state index contributed by atoms with van der Waals surface area (Å²) >= 11 is 0. The average molecular weight is 346 g/mol. The Labute approximate surface area is 153 Å². The number of benzene rings is 2. The van der Waals surface area contributed by atoms with Crippen molar-refractivity contribution in [1.29, 1.82) is 0 Å². The molecule has 26 heavy (non-hydrogen) atoms. The number of hydrogen-bond donors (Lipinski definition) is 0. The molecule has 0 atom stereocenters. The van der Waals surface area contributed by atoms with Crippen molar-refractivity contribution >= 4 is 23.1 Å². The van der Waals surface area contributed by atoms with Crippen LogP contribution in [-0.4, -0.2) is 48.4 Å². The van der Waals surface area contributed by atoms with Crippen molar-refractivity contribution in [2.75, 3.05) is 47.9 Å². The normalized spacial score (nSPS) is 14.3. The molecule has 0 unspecified atom stereocenters. The second-order valence-electron chi connectivity index (χ2n) is 6.32. The first-order valence-corrected chi connectivity index (χ1v) is 8.85. The van der Waals surface area contributed by atoms with Gasteiger partial charge in [-0.05, 0) is 24.3 Å². The molecule has 0 aliphatic carbocycles. The van der Waals surface area contributed by atoms with E-state index in [2.05, 4.69) is 56.4 Å². The molecule has 0 radical (unpaired) electrons. The van der Waals surface area contributed by atoms with E-state index in [0.29, 0.717) is 5.95 Å². The first-order valence-electron chi connectivity index (χ1n) is 8.85. The fraction of sp³-hybridized carbons (Fsp3) is 0.250. The molecule has 2 aromatic carbocycles. The molecule has 1 aliphatic rings. The Morgan fingerprint density at radius 1 is 0.808 bits per heavy atom. The Hall–Kier alpha value is -3.15. The van der Waals surface area contributed by atoms with E-state index in [0.717, 1.165) is 37.7 Å². The van der Waals surface area contributed by atoms with Gasteiger partial charge >= 0.3 is 0 Å². The van der Waals surface area contributed by atoms with Crippen LogP contribution in [0.4, 0.5) is 23.1 Å². The number of piperazine rings is 1. The van der Waals surface area contributed by atoms with Crippen LogP contribution in [0.25, 0.3) is 0 Å². The highest BCUT2D eigenvalue weighted by molar-refractivity contribution is 5.59. The van der Waals surface area contributed by atoms with Gasteiger partial charge in [0.25, 0.3) is 0 Å². The molecule has 1 saturated heterocycles. The predicted molar refractivity (Wildman–Crippen MR) is 105 cm³/mol. The number of para-hydroxylation sites is 2. The average Bonchev–Trinajstić information content (AvgIpc) is 2.75. The van der Waals surface area contributed by atoms with E-state index >= 15 is 0 Å². The molecule has 4 rings (SSSR count). The lowest BCUT2D eigenvalue weighted by atomic mass is 10.2. The van der Waals surface area contributed by atoms with Crippen molar-refractivity contribution in [2.45, 2.75) is 0 Å². The third-order valence-electron chi connectivity index (χ3n) is 4.71. The van der Waals surface area contributed by atoms with Gasteiger partial charge in [-0.3, -0.25) is 0 Å². The van der Waals surface area contributed by atoms with E-state index in [1.165, 1.54) is 5.69 Å². The van der Waals surface area contributed by atoms with E-state index in [9.17, 15) is 0 Å². The van der Waals surface area contributed by atoms with Crippen molar-refractivity contribution in [3.63, 3.8) is 0 Å². The van der Waals surface area contributed by atoms with E-state index in [4.69, 9.17) is 4.98 Å². The monoisotopic (exact) mass is 346 g/mol. The first-order chi connectivity index (χ1) is 12.8. The highest BCUT2D eigenvalue weighted by Crippen LogP contribution is 2.23. The molecule has 2 heterocycles. The maximum Gasteiger partial charge on any atom is 0.247 e. The Bertz CT molecular complexity index is 831. The van der Waals surface area contributed by atoms with E-state index in [1.807, 2.05) is 36.2 Å². The maximum atomic E-state index is 4.73. The van der Waals surface area contributed by atoms with Gasteiger partial charge in [0, 0.05) is 44.6 Å². The molecule has 0 N–H and O–H groups in total. The molecule has 0 amide bonds. The lowest BCUT2D eigenvalue weighted by Crippen LogP contribution is -2.47. The maximum absolute atomic E-state index is 4.73. The molecule has 6 heteroatoms. The zero-order chi connectivity index (χ0) is 17.8. The Balaban J connectivity index is 1.46. The van der Waals surface area contributed by atoms with Crippen LogP contribution in [0.3, 0.4) is 0 Å². The van der Waals surface area contributed by atoms with Crippen LogP contribution in [-0.2, 0) is 0 Å². The third-order valence-corrected chi connectivity index (χ3v) is 4.71. The molecule has 6 nitrogen and oxygen atoms in total. The summed E-state index contributed by atoms with van der Waals surface area (Å²) < 4.78 is 0. The van der Waals surface area contributed by atoms with Crippen molar-refractivity contribution in [3.05, 3.63) is 66.9 Å². The highest BCUT2D eigenvalue weighted by atomic mass is 15.4. The van der Waals surface area contributed by atoms with Crippen LogP contribution in [0.15, 0.2) is 66.9 Å². The summed E-state index contributed by atoms with van der Waals surface area (Å²) in [6.45, 7) is 3.67. The molecule has 1 aliphatic heterocycles. The summed E-state index contributed by atoms with van der Waals surface area (Å²) in [5.41, 5.74) is 2.34. The van der Waals surface area contributed by atoms with E-state index in [1.54, 1.807) is 6.20 Å². The summed E-state index contributed by atoms with van der Waals surface area (Å²) in [4.78, 5) is 11.4. The molecule has 1 fully saturated rings. The largest absolute Gasteiger partial charge is 0.368 e. The lowest BCUT2D eigenvalue weighted by molar-refractivity contribution is 0.635. The van der Waals surface area contributed by atoms with Crippen molar-refractivity contribution < 1.29 is 0 Å². The van der Waals surface area contributed by atoms with Crippen LogP contribution in [0.1, 0.15) is 0 Å². The molecule has 1 aromatic heterocycles. The second-order valence-corrected chi connectivity index (χ2v) is 6.32. The lowest BCUT2D eigenvalue weighted by Gasteiger charge is -2.36. The van der Waals surface area contributed by atoms with Crippen LogP contribution >= 0.6 is 0 Å². The van der Waals surface area contributed by atoms with Crippen LogP contribution < -0.4 is 14.7 Å². The minimum absolute atomic E-state index is 0.693. The van der Waals surface area contributed by atoms with Gasteiger partial charge < -0.3 is 14.7 Å². The molecule has 132 valence electrons. The van der Waals surface area contributed by atoms with Gasteiger partial charge in [-0.25, -0.2) is 0 Å². The zero-order valence-corrected chi connectivity index (χ0v) is 14.9. The Morgan fingerprint density at radius 2 is 1.42 bits per heavy atom. The molecule has 3 aromatic rings. The Kier molecular flexibility index (Phi) is 4.64. The fourth-order valence-electron chi connectivity index (χ4n) is 3.17. The summed E-state index contributed by atoms with van der Waals surface area (Å²) in [6, 6.07) is 20.7. The quantitative estimate of drug-likeness (QED) is 0.724. The summed E-state index contributed by atoms with van der Waals surface area (Å²) in [6.07, 6.45) is 1.71. The van der Waals surface area contributed by atoms with E-state index < -0.39 is 0 Å². The number of hydrogen-bond acceptors (Lipinski definition) is 6. The van der Waals surface area contributed by atoms with Gasteiger partial charge in [0.1, 0.15) is 0 Å². The van der Waals surface area contributed by atoms with Crippen LogP contribution in [0.5, 0.6) is 0 Å². The van der Waals surface area contributed by atoms with Gasteiger partial charge in [0.05, 0.1) is 6.20 Å². The minimum atomic E-state index is 0.693. The van der Waals surface area contributed by atoms with Crippen molar-refractivity contribution in [2.24, 2.45) is 0 Å². The number of rotatable bonds is 4. The second kappa shape index (κ2) is 7.39. The summed E-state index contributed by atoms with van der Waals surface area (Å²) in [5, 5.41) is 8.43.